The molecule has 0 saturated heterocycles. The van der Waals surface area contributed by atoms with Gasteiger partial charge in [-0.05, 0) is 142 Å². The van der Waals surface area contributed by atoms with Crippen LogP contribution in [-0.2, 0) is 5.41 Å². The number of fused-ring (bicyclic) bond motifs is 9. The van der Waals surface area contributed by atoms with Crippen LogP contribution < -0.4 is 14.5 Å². The number of nitrogens with zero attached hydrogens (tertiary/aromatic N) is 3. The molecule has 0 bridgehead atoms. The summed E-state index contributed by atoms with van der Waals surface area (Å²) in [6, 6.07) is 71.1. The monoisotopic (exact) mass is 961 g/mol. The molecule has 13 rings (SSSR count). The fourth-order valence-electron chi connectivity index (χ4n) is 11.4. The molecule has 364 valence electrons. The maximum atomic E-state index is 6.84. The Hall–Kier alpha value is -8.60. The summed E-state index contributed by atoms with van der Waals surface area (Å²) >= 11 is 0. The van der Waals surface area contributed by atoms with E-state index < -0.39 is 0 Å². The summed E-state index contributed by atoms with van der Waals surface area (Å²) in [5, 5.41) is 4.99. The van der Waals surface area contributed by atoms with E-state index in [1.807, 2.05) is 27.7 Å². The second-order valence-corrected chi connectivity index (χ2v) is 19.2. The Labute approximate surface area is 437 Å². The summed E-state index contributed by atoms with van der Waals surface area (Å²) in [5.74, 6) is 1.63. The molecule has 0 amide bonds. The van der Waals surface area contributed by atoms with E-state index in [0.717, 1.165) is 57.5 Å². The Bertz CT molecular complexity index is 3840. The summed E-state index contributed by atoms with van der Waals surface area (Å²) in [7, 11) is 0. The zero-order valence-corrected chi connectivity index (χ0v) is 43.6. The Morgan fingerprint density at radius 1 is 0.581 bits per heavy atom. The van der Waals surface area contributed by atoms with E-state index in [-0.39, 0.29) is 5.41 Å². The van der Waals surface area contributed by atoms with Crippen LogP contribution in [-0.4, -0.2) is 4.57 Å². The summed E-state index contributed by atoms with van der Waals surface area (Å²) in [6.45, 7) is 14.8. The number of ether oxygens (including phenoxy) is 1. The van der Waals surface area contributed by atoms with E-state index in [4.69, 9.17) is 4.74 Å². The summed E-state index contributed by atoms with van der Waals surface area (Å²) in [6.07, 6.45) is 16.5. The molecule has 74 heavy (non-hydrogen) atoms. The average Bonchev–Trinajstić information content (AvgIpc) is 3.92. The van der Waals surface area contributed by atoms with Crippen molar-refractivity contribution in [2.75, 3.05) is 9.80 Å². The number of allylic oxidation sites excluding steroid dienone is 7. The molecule has 0 N–H and O–H groups in total. The van der Waals surface area contributed by atoms with Crippen LogP contribution in [0.25, 0.3) is 60.4 Å². The minimum Gasteiger partial charge on any atom is -0.453 e. The first kappa shape index (κ1) is 47.7. The molecule has 2 heterocycles. The third-order valence-electron chi connectivity index (χ3n) is 14.8. The molecular weight excluding hydrogens is 899 g/mol. The molecule has 0 spiro atoms. The topological polar surface area (TPSA) is 20.6 Å². The van der Waals surface area contributed by atoms with Crippen LogP contribution in [0.1, 0.15) is 77.6 Å². The van der Waals surface area contributed by atoms with Gasteiger partial charge >= 0.3 is 0 Å². The number of hydrogen-bond acceptors (Lipinski definition) is 3. The summed E-state index contributed by atoms with van der Waals surface area (Å²) < 4.78 is 9.36. The van der Waals surface area contributed by atoms with E-state index in [9.17, 15) is 0 Å². The van der Waals surface area contributed by atoms with E-state index in [1.165, 1.54) is 66.0 Å². The van der Waals surface area contributed by atoms with Crippen molar-refractivity contribution in [1.82, 2.24) is 4.57 Å². The molecule has 3 aliphatic rings. The van der Waals surface area contributed by atoms with Crippen molar-refractivity contribution in [3.05, 3.63) is 253 Å². The molecule has 4 heteroatoms. The zero-order valence-electron chi connectivity index (χ0n) is 43.6. The lowest BCUT2D eigenvalue weighted by molar-refractivity contribution is 0.477. The second kappa shape index (κ2) is 20.1. The minimum absolute atomic E-state index is 0.239. The first-order valence-corrected chi connectivity index (χ1v) is 26.5. The molecule has 0 fully saturated rings. The van der Waals surface area contributed by atoms with E-state index in [0.29, 0.717) is 6.04 Å². The molecule has 4 nitrogen and oxygen atoms in total. The lowest BCUT2D eigenvalue weighted by Crippen LogP contribution is -2.18. The quantitative estimate of drug-likeness (QED) is 0.142. The predicted octanol–water partition coefficient (Wildman–Crippen LogP) is 20.4. The average molecular weight is 962 g/mol. The fourth-order valence-corrected chi connectivity index (χ4v) is 11.4. The van der Waals surface area contributed by atoms with Gasteiger partial charge in [-0.1, -0.05) is 193 Å². The summed E-state index contributed by atoms with van der Waals surface area (Å²) in [5.41, 5.74) is 17.5. The Morgan fingerprint density at radius 3 is 2.07 bits per heavy atom. The van der Waals surface area contributed by atoms with Gasteiger partial charge in [-0.3, -0.25) is 0 Å². The number of anilines is 5. The van der Waals surface area contributed by atoms with Gasteiger partial charge < -0.3 is 19.1 Å². The maximum Gasteiger partial charge on any atom is 0.152 e. The van der Waals surface area contributed by atoms with Crippen LogP contribution in [0.15, 0.2) is 237 Å². The molecular formula is C70H63N3O. The second-order valence-electron chi connectivity index (χ2n) is 19.2. The van der Waals surface area contributed by atoms with E-state index in [2.05, 4.69) is 272 Å². The Kier molecular flexibility index (Phi) is 13.0. The number of hydrogen-bond donors (Lipinski definition) is 0. The van der Waals surface area contributed by atoms with Gasteiger partial charge in [-0.25, -0.2) is 0 Å². The number of rotatable bonds is 8. The first-order valence-electron chi connectivity index (χ1n) is 26.5. The summed E-state index contributed by atoms with van der Waals surface area (Å²) in [4.78, 5) is 4.68. The highest BCUT2D eigenvalue weighted by Crippen LogP contribution is 2.55. The molecule has 1 unspecified atom stereocenters. The van der Waals surface area contributed by atoms with Gasteiger partial charge in [0.05, 0.1) is 23.1 Å². The Morgan fingerprint density at radius 2 is 1.26 bits per heavy atom. The number of benzene rings is 9. The maximum absolute atomic E-state index is 6.84. The van der Waals surface area contributed by atoms with Crippen molar-refractivity contribution in [2.45, 2.75) is 66.3 Å². The Balaban J connectivity index is 0.00000144. The fraction of sp³-hybridized carbons (Fsp3) is 0.143. The van der Waals surface area contributed by atoms with Gasteiger partial charge in [0.2, 0.25) is 0 Å². The van der Waals surface area contributed by atoms with Gasteiger partial charge in [0.1, 0.15) is 0 Å². The molecule has 0 radical (unpaired) electrons. The predicted molar refractivity (Wildman–Crippen MR) is 317 cm³/mol. The number of para-hydroxylation sites is 4. The lowest BCUT2D eigenvalue weighted by atomic mass is 9.81. The standard InChI is InChI=1S/C66H51N3O.2C2H6/c1-4-18-48(43-67(49-21-7-5-8-22-49)59-29-17-20-44-19-11-12-25-52(44)59)47-33-38-63-65(41-47)70-64-30-16-15-28-62(64)69(63)51-34-36-54-53-35-31-46(40-57(53)66(2,3)58(54)42-51)45-32-37-61-56(39-45)55-26-13-14-27-60(55)68(61)50-23-9-6-10-24-50;2*1-2/h4-23,25-43,50H,24H2,1-3H3;2*1-2H3/b18-4-,48-43+;;. The van der Waals surface area contributed by atoms with Gasteiger partial charge in [-0.2, -0.15) is 0 Å². The zero-order chi connectivity index (χ0) is 50.9. The molecule has 0 saturated carbocycles. The van der Waals surface area contributed by atoms with Crippen LogP contribution in [0, 0.1) is 0 Å². The first-order chi connectivity index (χ1) is 36.4. The van der Waals surface area contributed by atoms with E-state index >= 15 is 0 Å². The van der Waals surface area contributed by atoms with Crippen molar-refractivity contribution in [3.8, 4) is 33.8 Å². The van der Waals surface area contributed by atoms with Crippen LogP contribution in [0.5, 0.6) is 11.5 Å². The third-order valence-corrected chi connectivity index (χ3v) is 14.8. The van der Waals surface area contributed by atoms with Crippen molar-refractivity contribution in [1.29, 1.82) is 0 Å². The highest BCUT2D eigenvalue weighted by molar-refractivity contribution is 6.09. The molecule has 1 aliphatic heterocycles. The van der Waals surface area contributed by atoms with Crippen molar-refractivity contribution in [3.63, 3.8) is 0 Å². The third kappa shape index (κ3) is 8.21. The molecule has 2 aliphatic carbocycles. The minimum atomic E-state index is -0.239. The van der Waals surface area contributed by atoms with Crippen LogP contribution in [0.4, 0.5) is 28.4 Å². The molecule has 1 atom stereocenters. The van der Waals surface area contributed by atoms with Gasteiger partial charge in [-0.15, -0.1) is 0 Å². The van der Waals surface area contributed by atoms with Crippen molar-refractivity contribution >= 4 is 66.6 Å². The van der Waals surface area contributed by atoms with Gasteiger partial charge in [0.25, 0.3) is 0 Å². The van der Waals surface area contributed by atoms with Crippen molar-refractivity contribution < 1.29 is 4.74 Å². The largest absolute Gasteiger partial charge is 0.453 e. The van der Waals surface area contributed by atoms with Crippen LogP contribution in [0.3, 0.4) is 0 Å². The normalized spacial score (nSPS) is 14.9. The van der Waals surface area contributed by atoms with Gasteiger partial charge in [0, 0.05) is 50.2 Å². The SMILES string of the molecule is C/C=C\C(=C/N(c1ccccc1)c1cccc2ccccc12)c1ccc2c(c1)Oc1ccccc1N2c1ccc2c(c1)C(C)(C)c1cc(-c3ccc4c(c3)c3ccccc3n4C3C=CC=CC3)ccc1-2.CC.CC. The molecule has 1 aromatic heterocycles. The lowest BCUT2D eigenvalue weighted by Gasteiger charge is -2.34. The van der Waals surface area contributed by atoms with Crippen LogP contribution >= 0.6 is 0 Å². The van der Waals surface area contributed by atoms with Crippen LogP contribution in [0.2, 0.25) is 0 Å². The molecule has 10 aromatic rings. The smallest absolute Gasteiger partial charge is 0.152 e. The molecule has 9 aromatic carbocycles. The highest BCUT2D eigenvalue weighted by atomic mass is 16.5. The van der Waals surface area contributed by atoms with E-state index in [1.54, 1.807) is 0 Å². The van der Waals surface area contributed by atoms with Gasteiger partial charge in [0.15, 0.2) is 11.5 Å². The van der Waals surface area contributed by atoms with Crippen molar-refractivity contribution in [2.24, 2.45) is 0 Å². The highest BCUT2D eigenvalue weighted by Gasteiger charge is 2.37. The number of aromatic nitrogens is 1.